The summed E-state index contributed by atoms with van der Waals surface area (Å²) in [6.45, 7) is 18.0. The van der Waals surface area contributed by atoms with Gasteiger partial charge in [-0.25, -0.2) is 0 Å². The van der Waals surface area contributed by atoms with Gasteiger partial charge in [-0.2, -0.15) is 0 Å². The van der Waals surface area contributed by atoms with E-state index in [1.807, 2.05) is 0 Å². The molecule has 0 radical (unpaired) electrons. The van der Waals surface area contributed by atoms with Gasteiger partial charge in [0.25, 0.3) is 0 Å². The number of hydrogen-bond donors (Lipinski definition) is 0. The molecule has 0 aromatic rings. The maximum atomic E-state index is 2.82. The van der Waals surface area contributed by atoms with Gasteiger partial charge in [0.05, 0.1) is 0 Å². The molecule has 188 valence electrons. The lowest BCUT2D eigenvalue weighted by Crippen LogP contribution is -2.29. The van der Waals surface area contributed by atoms with E-state index in [1.165, 1.54) is 129 Å². The molecule has 0 saturated carbocycles. The fourth-order valence-corrected chi connectivity index (χ4v) is 5.46. The van der Waals surface area contributed by atoms with Crippen LogP contribution < -0.4 is 0 Å². The first-order valence-corrected chi connectivity index (χ1v) is 14.6. The van der Waals surface area contributed by atoms with Crippen molar-refractivity contribution in [2.24, 2.45) is 5.92 Å². The van der Waals surface area contributed by atoms with Crippen molar-refractivity contribution < 1.29 is 0 Å². The van der Waals surface area contributed by atoms with E-state index < -0.39 is 0 Å². The van der Waals surface area contributed by atoms with Crippen LogP contribution in [-0.4, -0.2) is 24.5 Å². The molecule has 0 spiro atoms. The molecule has 0 heterocycles. The molecule has 32 heavy (non-hydrogen) atoms. The zero-order valence-corrected chi connectivity index (χ0v) is 23.2. The van der Waals surface area contributed by atoms with E-state index in [0.29, 0.717) is 5.92 Å². The minimum Gasteiger partial charge on any atom is -0.303 e. The highest BCUT2D eigenvalue weighted by Gasteiger charge is 2.24. The van der Waals surface area contributed by atoms with E-state index in [9.17, 15) is 0 Å². The molecule has 0 unspecified atom stereocenters. The second-order valence-corrected chi connectivity index (χ2v) is 10.7. The van der Waals surface area contributed by atoms with Gasteiger partial charge in [0, 0.05) is 5.92 Å². The van der Waals surface area contributed by atoms with Gasteiger partial charge >= 0.3 is 0 Å². The Morgan fingerprint density at radius 1 is 0.469 bits per heavy atom. The van der Waals surface area contributed by atoms with E-state index >= 15 is 0 Å². The van der Waals surface area contributed by atoms with E-state index in [0.717, 1.165) is 0 Å². The summed E-state index contributed by atoms with van der Waals surface area (Å²) in [6, 6.07) is 0. The molecule has 1 rings (SSSR count). The van der Waals surface area contributed by atoms with Crippen molar-refractivity contribution in [3.63, 3.8) is 0 Å². The van der Waals surface area contributed by atoms with Crippen LogP contribution in [0, 0.1) is 5.92 Å². The third-order valence-electron chi connectivity index (χ3n) is 8.18. The topological polar surface area (TPSA) is 3.24 Å². The molecule has 1 aliphatic rings. The Hall–Kier alpha value is -0.560. The zero-order valence-electron chi connectivity index (χ0n) is 23.2. The lowest BCUT2D eigenvalue weighted by molar-refractivity contribution is 0.250. The summed E-state index contributed by atoms with van der Waals surface area (Å²) in [5.41, 5.74) is 6.40. The van der Waals surface area contributed by atoms with Gasteiger partial charge in [0.15, 0.2) is 0 Å². The number of rotatable bonds is 21. The molecule has 0 fully saturated rings. The van der Waals surface area contributed by atoms with Gasteiger partial charge in [0.2, 0.25) is 0 Å². The van der Waals surface area contributed by atoms with E-state index in [2.05, 4.69) is 46.4 Å². The summed E-state index contributed by atoms with van der Waals surface area (Å²) in [5.74, 6) is 0.703. The fourth-order valence-electron chi connectivity index (χ4n) is 5.46. The van der Waals surface area contributed by atoms with Crippen LogP contribution in [0.1, 0.15) is 151 Å². The summed E-state index contributed by atoms with van der Waals surface area (Å²) in [5, 5.41) is 0. The molecule has 0 amide bonds. The first-order valence-electron chi connectivity index (χ1n) is 14.6. The van der Waals surface area contributed by atoms with Crippen LogP contribution in [0.4, 0.5) is 0 Å². The van der Waals surface area contributed by atoms with Gasteiger partial charge in [-0.1, -0.05) is 115 Å². The van der Waals surface area contributed by atoms with Crippen molar-refractivity contribution in [2.45, 2.75) is 151 Å². The molecule has 0 aromatic carbocycles. The van der Waals surface area contributed by atoms with Crippen molar-refractivity contribution in [1.82, 2.24) is 4.90 Å². The Balaban J connectivity index is 2.34. The summed E-state index contributed by atoms with van der Waals surface area (Å²) in [6.07, 6.45) is 24.1. The molecular weight excluding hydrogens is 386 g/mol. The Kier molecular flexibility index (Phi) is 17.3. The van der Waals surface area contributed by atoms with Gasteiger partial charge < -0.3 is 4.90 Å². The number of nitrogens with zero attached hydrogens (tertiary/aromatic N) is 1. The monoisotopic (exact) mass is 445 g/mol. The average molecular weight is 446 g/mol. The largest absolute Gasteiger partial charge is 0.303 e. The highest BCUT2D eigenvalue weighted by molar-refractivity contribution is 5.46. The van der Waals surface area contributed by atoms with Crippen LogP contribution in [0.5, 0.6) is 0 Å². The average Bonchev–Trinajstić information content (AvgIpc) is 2.97. The zero-order chi connectivity index (χ0) is 23.6. The molecule has 1 heteroatoms. The summed E-state index contributed by atoms with van der Waals surface area (Å²) in [4.78, 5) is 2.82. The predicted molar refractivity (Wildman–Crippen MR) is 147 cm³/mol. The van der Waals surface area contributed by atoms with Crippen LogP contribution >= 0.6 is 0 Å². The van der Waals surface area contributed by atoms with Gasteiger partial charge in [-0.15, -0.1) is 0 Å². The molecule has 0 saturated heterocycles. The van der Waals surface area contributed by atoms with Gasteiger partial charge in [-0.3, -0.25) is 0 Å². The highest BCUT2D eigenvalue weighted by atomic mass is 15.1. The standard InChI is InChI=1S/C31H59N/c1-7-9-11-13-15-17-19-21-24-32(25-22-20-18-16-14-12-10-8-2)26-23-31-29(5)27(3)28(4)30(31)6/h31H,7-26H2,1-6H3. The molecule has 0 N–H and O–H groups in total. The van der Waals surface area contributed by atoms with Crippen LogP contribution in [0.15, 0.2) is 22.3 Å². The van der Waals surface area contributed by atoms with Crippen molar-refractivity contribution in [2.75, 3.05) is 19.6 Å². The SMILES string of the molecule is CCCCCCCCCCN(CCCCCCCCCC)CCC1C(C)=C(C)C(C)=C1C. The predicted octanol–water partition coefficient (Wildman–Crippen LogP) is 10.3. The molecule has 0 aromatic heterocycles. The van der Waals surface area contributed by atoms with Crippen LogP contribution in [0.3, 0.4) is 0 Å². The van der Waals surface area contributed by atoms with Crippen LogP contribution in [0.2, 0.25) is 0 Å². The first kappa shape index (κ1) is 29.5. The Morgan fingerprint density at radius 2 is 0.812 bits per heavy atom. The van der Waals surface area contributed by atoms with Gasteiger partial charge in [-0.05, 0) is 77.7 Å². The Labute approximate surface area is 203 Å². The van der Waals surface area contributed by atoms with E-state index in [4.69, 9.17) is 0 Å². The minimum atomic E-state index is 0.703. The molecule has 0 atom stereocenters. The first-order chi connectivity index (χ1) is 15.5. The Bertz CT molecular complexity index is 483. The van der Waals surface area contributed by atoms with Crippen molar-refractivity contribution in [3.8, 4) is 0 Å². The number of allylic oxidation sites excluding steroid dienone is 4. The van der Waals surface area contributed by atoms with Crippen molar-refractivity contribution >= 4 is 0 Å². The third-order valence-corrected chi connectivity index (χ3v) is 8.18. The third kappa shape index (κ3) is 12.1. The quantitative estimate of drug-likeness (QED) is 0.159. The summed E-state index contributed by atoms with van der Waals surface area (Å²) >= 11 is 0. The second-order valence-electron chi connectivity index (χ2n) is 10.7. The molecule has 1 nitrogen and oxygen atoms in total. The summed E-state index contributed by atoms with van der Waals surface area (Å²) in [7, 11) is 0. The molecular formula is C31H59N. The van der Waals surface area contributed by atoms with Gasteiger partial charge in [0.1, 0.15) is 0 Å². The van der Waals surface area contributed by atoms with Crippen LogP contribution in [-0.2, 0) is 0 Å². The molecule has 0 bridgehead atoms. The second kappa shape index (κ2) is 18.8. The van der Waals surface area contributed by atoms with E-state index in [1.54, 1.807) is 22.3 Å². The Morgan fingerprint density at radius 3 is 1.19 bits per heavy atom. The van der Waals surface area contributed by atoms with Crippen LogP contribution in [0.25, 0.3) is 0 Å². The normalized spacial score (nSPS) is 15.1. The lowest BCUT2D eigenvalue weighted by atomic mass is 9.93. The lowest BCUT2D eigenvalue weighted by Gasteiger charge is -2.25. The molecule has 0 aliphatic heterocycles. The number of hydrogen-bond acceptors (Lipinski definition) is 1. The number of unbranched alkanes of at least 4 members (excludes halogenated alkanes) is 14. The highest BCUT2D eigenvalue weighted by Crippen LogP contribution is 2.38. The summed E-state index contributed by atoms with van der Waals surface area (Å²) < 4.78 is 0. The smallest absolute Gasteiger partial charge is 0.00252 e. The van der Waals surface area contributed by atoms with Crippen molar-refractivity contribution in [1.29, 1.82) is 0 Å². The fraction of sp³-hybridized carbons (Fsp3) is 0.871. The van der Waals surface area contributed by atoms with Crippen molar-refractivity contribution in [3.05, 3.63) is 22.3 Å². The molecule has 1 aliphatic carbocycles. The minimum absolute atomic E-state index is 0.703. The maximum Gasteiger partial charge on any atom is 0.00252 e. The maximum absolute atomic E-state index is 2.82. The van der Waals surface area contributed by atoms with E-state index in [-0.39, 0.29) is 0 Å².